The molecule has 2 aromatic carbocycles. The lowest BCUT2D eigenvalue weighted by Crippen LogP contribution is -2.55. The summed E-state index contributed by atoms with van der Waals surface area (Å²) >= 11 is 0. The molecule has 3 aromatic rings. The van der Waals surface area contributed by atoms with Gasteiger partial charge in [-0.25, -0.2) is 9.07 Å². The molecule has 37 heavy (non-hydrogen) atoms. The summed E-state index contributed by atoms with van der Waals surface area (Å²) in [6.45, 7) is 3.91. The number of aryl methyl sites for hydroxylation is 1. The van der Waals surface area contributed by atoms with Crippen LogP contribution in [0.2, 0.25) is 0 Å². The molecule has 11 heteroatoms. The van der Waals surface area contributed by atoms with Crippen LogP contribution in [0.25, 0.3) is 0 Å². The number of aliphatic hydroxyl groups excluding tert-OH is 1. The monoisotopic (exact) mass is 518 g/mol. The van der Waals surface area contributed by atoms with Crippen molar-refractivity contribution in [1.82, 2.24) is 15.1 Å². The van der Waals surface area contributed by atoms with Gasteiger partial charge in [-0.2, -0.15) is 18.3 Å². The van der Waals surface area contributed by atoms with Crippen molar-refractivity contribution in [2.45, 2.75) is 51.6 Å². The second-order valence-corrected chi connectivity index (χ2v) is 8.71. The molecule has 0 saturated carbocycles. The molecule has 0 unspecified atom stereocenters. The molecule has 2 N–H and O–H groups in total. The largest absolute Gasteiger partial charge is 0.416 e. The van der Waals surface area contributed by atoms with Gasteiger partial charge in [0.05, 0.1) is 17.9 Å². The Morgan fingerprint density at radius 1 is 1.14 bits per heavy atom. The number of benzene rings is 2. The molecule has 1 aromatic heterocycles. The second-order valence-electron chi connectivity index (χ2n) is 8.71. The summed E-state index contributed by atoms with van der Waals surface area (Å²) in [4.78, 5) is 28.4. The van der Waals surface area contributed by atoms with Crippen LogP contribution < -0.4 is 10.2 Å². The summed E-state index contributed by atoms with van der Waals surface area (Å²) in [6, 6.07) is 8.05. The van der Waals surface area contributed by atoms with Crippen molar-refractivity contribution in [1.29, 1.82) is 0 Å². The van der Waals surface area contributed by atoms with E-state index in [2.05, 4.69) is 10.4 Å². The Labute approximate surface area is 210 Å². The Balaban J connectivity index is 1.85. The van der Waals surface area contributed by atoms with Crippen molar-refractivity contribution in [2.75, 3.05) is 11.4 Å². The summed E-state index contributed by atoms with van der Waals surface area (Å²) in [6.07, 6.45) is -3.95. The molecule has 0 saturated heterocycles. The molecule has 2 amide bonds. The topological polar surface area (TPSA) is 87.5 Å². The second kappa shape index (κ2) is 10.3. The van der Waals surface area contributed by atoms with Crippen LogP contribution in [0, 0.1) is 5.82 Å². The fourth-order valence-electron chi connectivity index (χ4n) is 4.73. The predicted molar refractivity (Wildman–Crippen MR) is 127 cm³/mol. The van der Waals surface area contributed by atoms with Gasteiger partial charge in [-0.3, -0.25) is 14.5 Å². The molecule has 7 nitrogen and oxygen atoms in total. The highest BCUT2D eigenvalue weighted by Gasteiger charge is 2.45. The van der Waals surface area contributed by atoms with Crippen molar-refractivity contribution in [2.24, 2.45) is 0 Å². The van der Waals surface area contributed by atoms with Gasteiger partial charge >= 0.3 is 6.18 Å². The molecular formula is C26H26F4N4O3. The van der Waals surface area contributed by atoms with Crippen molar-refractivity contribution in [3.05, 3.63) is 82.3 Å². The third-order valence-corrected chi connectivity index (χ3v) is 6.34. The Bertz CT molecular complexity index is 1300. The molecule has 0 fully saturated rings. The number of alkyl halides is 3. The van der Waals surface area contributed by atoms with Crippen LogP contribution in [0.5, 0.6) is 0 Å². The van der Waals surface area contributed by atoms with E-state index in [1.54, 1.807) is 11.6 Å². The number of nitrogens with one attached hydrogen (secondary N) is 1. The van der Waals surface area contributed by atoms with Crippen LogP contribution in [0.4, 0.5) is 23.4 Å². The van der Waals surface area contributed by atoms with Crippen LogP contribution in [-0.4, -0.2) is 39.3 Å². The van der Waals surface area contributed by atoms with E-state index < -0.39 is 47.9 Å². The van der Waals surface area contributed by atoms with Gasteiger partial charge in [-0.05, 0) is 49.2 Å². The third-order valence-electron chi connectivity index (χ3n) is 6.34. The van der Waals surface area contributed by atoms with E-state index in [1.807, 2.05) is 6.92 Å². The van der Waals surface area contributed by atoms with Gasteiger partial charge in [0.15, 0.2) is 0 Å². The van der Waals surface area contributed by atoms with Crippen molar-refractivity contribution < 1.29 is 32.3 Å². The first-order valence-corrected chi connectivity index (χ1v) is 11.9. The van der Waals surface area contributed by atoms with Gasteiger partial charge in [0.25, 0.3) is 11.8 Å². The fourth-order valence-corrected chi connectivity index (χ4v) is 4.73. The quantitative estimate of drug-likeness (QED) is 0.458. The number of anilines is 1. The highest BCUT2D eigenvalue weighted by Crippen LogP contribution is 2.43. The lowest BCUT2D eigenvalue weighted by Gasteiger charge is -2.38. The zero-order chi connectivity index (χ0) is 26.9. The zero-order valence-electron chi connectivity index (χ0n) is 20.2. The molecule has 0 radical (unpaired) electrons. The normalized spacial score (nSPS) is 17.6. The van der Waals surface area contributed by atoms with E-state index in [-0.39, 0.29) is 12.1 Å². The summed E-state index contributed by atoms with van der Waals surface area (Å²) < 4.78 is 55.1. The average molecular weight is 519 g/mol. The van der Waals surface area contributed by atoms with Gasteiger partial charge in [0.2, 0.25) is 0 Å². The summed E-state index contributed by atoms with van der Waals surface area (Å²) in [5, 5.41) is 17.2. The van der Waals surface area contributed by atoms with Gasteiger partial charge in [-0.1, -0.05) is 25.1 Å². The lowest BCUT2D eigenvalue weighted by molar-refractivity contribution is -0.137. The number of hydrogen-bond acceptors (Lipinski definition) is 4. The number of aromatic nitrogens is 2. The van der Waals surface area contributed by atoms with Gasteiger partial charge in [0.1, 0.15) is 17.7 Å². The van der Waals surface area contributed by atoms with E-state index in [0.717, 1.165) is 18.2 Å². The molecule has 4 rings (SSSR count). The smallest absolute Gasteiger partial charge is 0.390 e. The van der Waals surface area contributed by atoms with E-state index >= 15 is 0 Å². The number of hydrogen-bond donors (Lipinski definition) is 2. The maximum absolute atomic E-state index is 13.8. The van der Waals surface area contributed by atoms with Crippen molar-refractivity contribution in [3.8, 4) is 0 Å². The molecule has 0 spiro atoms. The number of carbonyl (C=O) groups excluding carboxylic acids is 2. The average Bonchev–Trinajstić information content (AvgIpc) is 3.23. The molecular weight excluding hydrogens is 492 g/mol. The van der Waals surface area contributed by atoms with Gasteiger partial charge in [0, 0.05) is 30.1 Å². The number of fused-ring (bicyclic) bond motifs is 1. The van der Waals surface area contributed by atoms with Crippen LogP contribution in [0.3, 0.4) is 0 Å². The minimum atomic E-state index is -4.65. The molecule has 2 atom stereocenters. The molecule has 0 bridgehead atoms. The Morgan fingerprint density at radius 3 is 2.43 bits per heavy atom. The maximum Gasteiger partial charge on any atom is 0.416 e. The van der Waals surface area contributed by atoms with Crippen molar-refractivity contribution >= 4 is 17.6 Å². The number of halogens is 4. The Hall–Kier alpha value is -3.73. The summed E-state index contributed by atoms with van der Waals surface area (Å²) in [7, 11) is 0. The molecule has 1 aliphatic heterocycles. The van der Waals surface area contributed by atoms with Crippen LogP contribution in [0.15, 0.2) is 48.5 Å². The van der Waals surface area contributed by atoms with Gasteiger partial charge < -0.3 is 10.4 Å². The first kappa shape index (κ1) is 26.3. The zero-order valence-corrected chi connectivity index (χ0v) is 20.2. The minimum Gasteiger partial charge on any atom is -0.390 e. The molecule has 0 aliphatic carbocycles. The van der Waals surface area contributed by atoms with Gasteiger partial charge in [-0.15, -0.1) is 0 Å². The predicted octanol–water partition coefficient (Wildman–Crippen LogP) is 4.24. The van der Waals surface area contributed by atoms with Crippen LogP contribution in [0.1, 0.15) is 58.9 Å². The highest BCUT2D eigenvalue weighted by atomic mass is 19.4. The lowest BCUT2D eigenvalue weighted by atomic mass is 9.81. The number of aliphatic hydroxyl groups is 1. The molecule has 196 valence electrons. The fraction of sp³-hybridized carbons (Fsp3) is 0.346. The Morgan fingerprint density at radius 2 is 1.84 bits per heavy atom. The molecule has 2 heterocycles. The summed E-state index contributed by atoms with van der Waals surface area (Å²) in [5.74, 6) is -2.27. The standard InChI is InChI=1S/C26H26F4N4O3/c1-3-12-34-24-21(19(14-35)32-34)20(15-8-10-18(27)11-9-15)22(25(37)33(24)4-2)31-23(36)16-6-5-7-17(13-16)26(28,29)30/h5-11,13,20,22,35H,3-4,12,14H2,1-2H3,(H,31,36)/t20-,22-/m1/s1. The Kier molecular flexibility index (Phi) is 7.35. The first-order chi connectivity index (χ1) is 17.6. The summed E-state index contributed by atoms with van der Waals surface area (Å²) in [5.41, 5.74) is 0.0108. The van der Waals surface area contributed by atoms with Crippen LogP contribution >= 0.6 is 0 Å². The maximum atomic E-state index is 13.8. The van der Waals surface area contributed by atoms with E-state index in [1.165, 1.54) is 35.2 Å². The number of rotatable bonds is 7. The minimum absolute atomic E-state index is 0.220. The highest BCUT2D eigenvalue weighted by molar-refractivity contribution is 6.05. The molecule has 1 aliphatic rings. The number of amides is 2. The van der Waals surface area contributed by atoms with Crippen LogP contribution in [-0.2, 0) is 24.1 Å². The van der Waals surface area contributed by atoms with E-state index in [9.17, 15) is 32.3 Å². The number of likely N-dealkylation sites (N-methyl/N-ethyl adjacent to an activating group) is 1. The SMILES string of the molecule is CCCn1nc(CO)c2c1N(CC)C(=O)[C@H](NC(=O)c1cccc(C(F)(F)F)c1)[C@@H]2c1ccc(F)cc1. The number of carbonyl (C=O) groups is 2. The van der Waals surface area contributed by atoms with E-state index in [4.69, 9.17) is 0 Å². The third kappa shape index (κ3) is 4.95. The number of nitrogens with zero attached hydrogens (tertiary/aromatic N) is 3. The van der Waals surface area contributed by atoms with Crippen molar-refractivity contribution in [3.63, 3.8) is 0 Å². The first-order valence-electron chi connectivity index (χ1n) is 11.9. The van der Waals surface area contributed by atoms with E-state index in [0.29, 0.717) is 35.6 Å².